The molecule has 10 nitrogen and oxygen atoms in total. The van der Waals surface area contributed by atoms with Crippen LogP contribution in [-0.2, 0) is 15.7 Å². The van der Waals surface area contributed by atoms with Gasteiger partial charge in [-0.25, -0.2) is 14.4 Å². The summed E-state index contributed by atoms with van der Waals surface area (Å²) in [6.07, 6.45) is -5.94. The Kier molecular flexibility index (Phi) is 7.94. The Balaban J connectivity index is 1.58. The molecule has 1 aliphatic heterocycles. The topological polar surface area (TPSA) is 123 Å². The maximum atomic E-state index is 13.4. The normalized spacial score (nSPS) is 16.9. The lowest BCUT2D eigenvalue weighted by Gasteiger charge is -2.38. The molecule has 13 heteroatoms. The molecule has 214 valence electrons. The fourth-order valence-corrected chi connectivity index (χ4v) is 4.59. The van der Waals surface area contributed by atoms with Crippen molar-refractivity contribution in [1.29, 1.82) is 0 Å². The summed E-state index contributed by atoms with van der Waals surface area (Å²) in [7, 11) is 0. The molecule has 40 heavy (non-hydrogen) atoms. The Morgan fingerprint density at radius 1 is 1.10 bits per heavy atom. The average molecular weight is 563 g/mol. The molecule has 4 rings (SSSR count). The Labute approximate surface area is 227 Å². The summed E-state index contributed by atoms with van der Waals surface area (Å²) in [5, 5.41) is 16.8. The number of carboxylic acid groups (broad SMARTS) is 1. The minimum Gasteiger partial charge on any atom is -0.465 e. The molecule has 2 atom stereocenters. The van der Waals surface area contributed by atoms with E-state index in [1.165, 1.54) is 30.5 Å². The lowest BCUT2D eigenvalue weighted by Crippen LogP contribution is -2.47. The smallest absolute Gasteiger partial charge is 0.435 e. The number of alkyl halides is 3. The number of hydrogen-bond donors (Lipinski definition) is 2. The molecule has 0 saturated carbocycles. The summed E-state index contributed by atoms with van der Waals surface area (Å²) in [5.41, 5.74) is -0.955. The number of ether oxygens (including phenoxy) is 2. The SMILES string of the molecule is CC(C)(C)OC(=O)n1ncc2cc(NC(=O)O[C@@H](c3cccc(C(F)(F)F)c3)[C@@H]3CCCCN3C(=O)O)ccc21. The summed E-state index contributed by atoms with van der Waals surface area (Å²) in [4.78, 5) is 38.4. The molecule has 1 aromatic heterocycles. The van der Waals surface area contributed by atoms with Crippen molar-refractivity contribution in [3.63, 3.8) is 0 Å². The van der Waals surface area contributed by atoms with Gasteiger partial charge >= 0.3 is 24.5 Å². The van der Waals surface area contributed by atoms with E-state index in [1.54, 1.807) is 26.8 Å². The lowest BCUT2D eigenvalue weighted by atomic mass is 9.92. The number of amides is 2. The maximum Gasteiger partial charge on any atom is 0.435 e. The van der Waals surface area contributed by atoms with Crippen molar-refractivity contribution in [2.24, 2.45) is 0 Å². The van der Waals surface area contributed by atoms with Crippen LogP contribution in [0.15, 0.2) is 48.7 Å². The Hall–Kier alpha value is -4.29. The van der Waals surface area contributed by atoms with E-state index in [0.29, 0.717) is 30.2 Å². The highest BCUT2D eigenvalue weighted by Crippen LogP contribution is 2.36. The van der Waals surface area contributed by atoms with Crippen LogP contribution >= 0.6 is 0 Å². The van der Waals surface area contributed by atoms with E-state index < -0.39 is 47.8 Å². The molecule has 2 amide bonds. The molecule has 0 aliphatic carbocycles. The molecule has 0 spiro atoms. The van der Waals surface area contributed by atoms with Crippen molar-refractivity contribution in [2.75, 3.05) is 11.9 Å². The zero-order chi connectivity index (χ0) is 29.2. The van der Waals surface area contributed by atoms with Gasteiger partial charge in [-0.1, -0.05) is 12.1 Å². The number of nitrogens with zero attached hydrogens (tertiary/aromatic N) is 3. The quantitative estimate of drug-likeness (QED) is 0.364. The number of fused-ring (bicyclic) bond motifs is 1. The molecule has 0 unspecified atom stereocenters. The van der Waals surface area contributed by atoms with Crippen molar-refractivity contribution in [2.45, 2.75) is 64.0 Å². The summed E-state index contributed by atoms with van der Waals surface area (Å²) in [5.74, 6) is 0. The fraction of sp³-hybridized carbons (Fsp3) is 0.407. The van der Waals surface area contributed by atoms with Gasteiger partial charge in [-0.15, -0.1) is 0 Å². The molecular weight excluding hydrogens is 533 g/mol. The Morgan fingerprint density at radius 2 is 1.85 bits per heavy atom. The van der Waals surface area contributed by atoms with E-state index in [0.717, 1.165) is 21.7 Å². The van der Waals surface area contributed by atoms with Crippen LogP contribution in [0.2, 0.25) is 0 Å². The van der Waals surface area contributed by atoms with E-state index in [4.69, 9.17) is 9.47 Å². The van der Waals surface area contributed by atoms with Gasteiger partial charge in [-0.2, -0.15) is 23.0 Å². The van der Waals surface area contributed by atoms with Crippen molar-refractivity contribution in [3.05, 3.63) is 59.8 Å². The first-order valence-electron chi connectivity index (χ1n) is 12.6. The van der Waals surface area contributed by atoms with Crippen molar-refractivity contribution in [3.8, 4) is 0 Å². The molecule has 1 saturated heterocycles. The minimum absolute atomic E-state index is 0.0252. The van der Waals surface area contributed by atoms with E-state index in [1.807, 2.05) is 0 Å². The Morgan fingerprint density at radius 3 is 2.52 bits per heavy atom. The number of likely N-dealkylation sites (tertiary alicyclic amines) is 1. The molecule has 1 aliphatic rings. The van der Waals surface area contributed by atoms with Gasteiger partial charge in [-0.3, -0.25) is 5.32 Å². The number of anilines is 1. The van der Waals surface area contributed by atoms with Crippen LogP contribution in [0.1, 0.15) is 57.3 Å². The highest BCUT2D eigenvalue weighted by atomic mass is 19.4. The fourth-order valence-electron chi connectivity index (χ4n) is 4.59. The van der Waals surface area contributed by atoms with Gasteiger partial charge in [0.15, 0.2) is 0 Å². The molecular formula is C27H29F3N4O6. The molecule has 2 heterocycles. The molecule has 3 aromatic rings. The monoisotopic (exact) mass is 562 g/mol. The van der Waals surface area contributed by atoms with Crippen molar-refractivity contribution < 1.29 is 42.1 Å². The van der Waals surface area contributed by atoms with Gasteiger partial charge in [-0.05, 0) is 75.9 Å². The number of rotatable bonds is 4. The van der Waals surface area contributed by atoms with Crippen LogP contribution in [0.25, 0.3) is 10.9 Å². The molecule has 0 radical (unpaired) electrons. The largest absolute Gasteiger partial charge is 0.465 e. The predicted octanol–water partition coefficient (Wildman–Crippen LogP) is 6.66. The molecule has 0 bridgehead atoms. The molecule has 2 N–H and O–H groups in total. The summed E-state index contributed by atoms with van der Waals surface area (Å²) >= 11 is 0. The minimum atomic E-state index is -4.64. The van der Waals surface area contributed by atoms with Gasteiger partial charge in [0.1, 0.15) is 11.7 Å². The van der Waals surface area contributed by atoms with E-state index in [9.17, 15) is 32.7 Å². The second-order valence-corrected chi connectivity index (χ2v) is 10.4. The number of aromatic nitrogens is 2. The van der Waals surface area contributed by atoms with Crippen molar-refractivity contribution >= 4 is 34.9 Å². The van der Waals surface area contributed by atoms with Crippen LogP contribution in [0.5, 0.6) is 0 Å². The van der Waals surface area contributed by atoms with Crippen molar-refractivity contribution in [1.82, 2.24) is 14.7 Å². The van der Waals surface area contributed by atoms with Crippen LogP contribution in [0.3, 0.4) is 0 Å². The highest BCUT2D eigenvalue weighted by Gasteiger charge is 2.38. The van der Waals surface area contributed by atoms with Crippen LogP contribution in [-0.4, -0.2) is 56.3 Å². The van der Waals surface area contributed by atoms with Crippen LogP contribution < -0.4 is 5.32 Å². The van der Waals surface area contributed by atoms with Gasteiger partial charge in [0.25, 0.3) is 0 Å². The third-order valence-corrected chi connectivity index (χ3v) is 6.30. The highest BCUT2D eigenvalue weighted by molar-refractivity contribution is 5.93. The first-order valence-corrected chi connectivity index (χ1v) is 12.6. The summed E-state index contributed by atoms with van der Waals surface area (Å²) in [6, 6.07) is 8.01. The standard InChI is InChI=1S/C27H29F3N4O6/c1-26(2,3)40-25(38)34-20-11-10-19(14-17(20)15-31-34)32-23(35)39-22(21-9-4-5-12-33(21)24(36)37)16-7-6-8-18(13-16)27(28,29)30/h6-8,10-11,13-15,21-22H,4-5,9,12H2,1-3H3,(H,32,35)(H,36,37)/t21-,22-/m0/s1. The second kappa shape index (κ2) is 11.1. The molecule has 2 aromatic carbocycles. The van der Waals surface area contributed by atoms with E-state index in [-0.39, 0.29) is 17.8 Å². The Bertz CT molecular complexity index is 1420. The maximum absolute atomic E-state index is 13.4. The number of carbonyl (C=O) groups is 3. The number of benzene rings is 2. The van der Waals surface area contributed by atoms with E-state index in [2.05, 4.69) is 10.4 Å². The number of carbonyl (C=O) groups excluding carboxylic acids is 2. The number of piperidine rings is 1. The number of halogens is 3. The first kappa shape index (κ1) is 28.7. The zero-order valence-corrected chi connectivity index (χ0v) is 22.1. The van der Waals surface area contributed by atoms with Gasteiger partial charge in [0.05, 0.1) is 23.3 Å². The van der Waals surface area contributed by atoms with Gasteiger partial charge in [0, 0.05) is 17.6 Å². The number of nitrogens with one attached hydrogen (secondary N) is 1. The van der Waals surface area contributed by atoms with Crippen LogP contribution in [0.4, 0.5) is 33.2 Å². The first-order chi connectivity index (χ1) is 18.7. The third kappa shape index (κ3) is 6.64. The number of hydrogen-bond acceptors (Lipinski definition) is 6. The third-order valence-electron chi connectivity index (χ3n) is 6.30. The zero-order valence-electron chi connectivity index (χ0n) is 22.1. The van der Waals surface area contributed by atoms with Gasteiger partial charge in [0.2, 0.25) is 0 Å². The summed E-state index contributed by atoms with van der Waals surface area (Å²) in [6.45, 7) is 5.33. The summed E-state index contributed by atoms with van der Waals surface area (Å²) < 4.78 is 52.3. The lowest BCUT2D eigenvalue weighted by molar-refractivity contribution is -0.137. The van der Waals surface area contributed by atoms with Gasteiger partial charge < -0.3 is 19.5 Å². The van der Waals surface area contributed by atoms with E-state index >= 15 is 0 Å². The predicted molar refractivity (Wildman–Crippen MR) is 138 cm³/mol. The molecule has 1 fully saturated rings. The van der Waals surface area contributed by atoms with Crippen LogP contribution in [0, 0.1) is 0 Å². The second-order valence-electron chi connectivity index (χ2n) is 10.4. The average Bonchev–Trinajstić information content (AvgIpc) is 3.29.